The van der Waals surface area contributed by atoms with E-state index in [1.165, 1.54) is 23.5 Å². The zero-order valence-corrected chi connectivity index (χ0v) is 11.4. The molecular formula is C11H12N2O3S2. The average molecular weight is 284 g/mol. The number of nitrogens with zero attached hydrogens (tertiary/aromatic N) is 1. The van der Waals surface area contributed by atoms with Crippen LogP contribution in [0.15, 0.2) is 22.2 Å². The second-order valence-corrected chi connectivity index (χ2v) is 5.39. The van der Waals surface area contributed by atoms with Crippen molar-refractivity contribution >= 4 is 41.1 Å². The Morgan fingerprint density at radius 1 is 1.61 bits per heavy atom. The van der Waals surface area contributed by atoms with Gasteiger partial charge in [-0.1, -0.05) is 23.5 Å². The van der Waals surface area contributed by atoms with Crippen molar-refractivity contribution in [3.8, 4) is 0 Å². The molecule has 96 valence electrons. The van der Waals surface area contributed by atoms with Crippen LogP contribution in [0.2, 0.25) is 0 Å². The van der Waals surface area contributed by atoms with Gasteiger partial charge >= 0.3 is 5.97 Å². The zero-order chi connectivity index (χ0) is 13.0. The van der Waals surface area contributed by atoms with Gasteiger partial charge in [-0.3, -0.25) is 9.59 Å². The van der Waals surface area contributed by atoms with Gasteiger partial charge in [-0.15, -0.1) is 0 Å². The third-order valence-corrected chi connectivity index (χ3v) is 3.99. The van der Waals surface area contributed by atoms with Crippen LogP contribution in [0.4, 0.5) is 5.69 Å². The van der Waals surface area contributed by atoms with E-state index in [-0.39, 0.29) is 17.6 Å². The molecule has 0 spiro atoms. The molecule has 1 aromatic rings. The van der Waals surface area contributed by atoms with Gasteiger partial charge in [-0.2, -0.15) is 0 Å². The molecule has 1 N–H and O–H groups in total. The van der Waals surface area contributed by atoms with Crippen LogP contribution in [-0.2, 0) is 14.3 Å². The van der Waals surface area contributed by atoms with E-state index in [1.807, 2.05) is 0 Å². The van der Waals surface area contributed by atoms with Crippen molar-refractivity contribution in [2.45, 2.75) is 17.0 Å². The summed E-state index contributed by atoms with van der Waals surface area (Å²) in [6.07, 6.45) is 0. The molecule has 18 heavy (non-hydrogen) atoms. The molecule has 0 fully saturated rings. The maximum Gasteiger partial charge on any atom is 0.316 e. The van der Waals surface area contributed by atoms with E-state index < -0.39 is 0 Å². The first-order chi connectivity index (χ1) is 8.69. The number of aromatic nitrogens is 1. The molecule has 0 radical (unpaired) electrons. The topological polar surface area (TPSA) is 68.3 Å². The number of hydrogen-bond acceptors (Lipinski definition) is 6. The lowest BCUT2D eigenvalue weighted by Crippen LogP contribution is -2.19. The van der Waals surface area contributed by atoms with Gasteiger partial charge in [0.05, 0.1) is 28.8 Å². The Morgan fingerprint density at radius 2 is 2.44 bits per heavy atom. The number of thioether (sulfide) groups is 2. The molecule has 7 heteroatoms. The summed E-state index contributed by atoms with van der Waals surface area (Å²) in [4.78, 5) is 26.8. The van der Waals surface area contributed by atoms with E-state index in [0.717, 1.165) is 15.7 Å². The molecule has 2 rings (SSSR count). The lowest BCUT2D eigenvalue weighted by atomic mass is 10.4. The highest BCUT2D eigenvalue weighted by Crippen LogP contribution is 2.31. The maximum atomic E-state index is 11.2. The average Bonchev–Trinajstić information content (AvgIpc) is 2.36. The fourth-order valence-electron chi connectivity index (χ4n) is 1.36. The van der Waals surface area contributed by atoms with Crippen LogP contribution < -0.4 is 5.32 Å². The fraction of sp³-hybridized carbons (Fsp3) is 0.364. The number of carbonyl (C=O) groups is 2. The van der Waals surface area contributed by atoms with Crippen molar-refractivity contribution in [3.05, 3.63) is 12.1 Å². The minimum Gasteiger partial charge on any atom is -0.465 e. The van der Waals surface area contributed by atoms with Crippen LogP contribution in [0.1, 0.15) is 6.92 Å². The first-order valence-corrected chi connectivity index (χ1v) is 7.38. The number of anilines is 1. The van der Waals surface area contributed by atoms with Gasteiger partial charge in [0.1, 0.15) is 5.03 Å². The summed E-state index contributed by atoms with van der Waals surface area (Å²) in [7, 11) is 0. The summed E-state index contributed by atoms with van der Waals surface area (Å²) in [5.41, 5.74) is 0.733. The van der Waals surface area contributed by atoms with Gasteiger partial charge in [0, 0.05) is 0 Å². The quantitative estimate of drug-likeness (QED) is 0.671. The van der Waals surface area contributed by atoms with Crippen LogP contribution in [0.3, 0.4) is 0 Å². The van der Waals surface area contributed by atoms with Crippen LogP contribution in [0.5, 0.6) is 0 Å². The number of fused-ring (bicyclic) bond motifs is 1. The molecule has 0 aromatic carbocycles. The fourth-order valence-corrected chi connectivity index (χ4v) is 2.87. The Hall–Kier alpha value is -1.21. The number of pyridine rings is 1. The summed E-state index contributed by atoms with van der Waals surface area (Å²) in [6.45, 7) is 2.16. The molecule has 1 aromatic heterocycles. The molecule has 0 bridgehead atoms. The second kappa shape index (κ2) is 6.10. The monoisotopic (exact) mass is 284 g/mol. The van der Waals surface area contributed by atoms with Gasteiger partial charge in [-0.05, 0) is 19.1 Å². The number of nitrogens with one attached hydrogen (secondary N) is 1. The van der Waals surface area contributed by atoms with Crippen molar-refractivity contribution in [3.63, 3.8) is 0 Å². The third kappa shape index (κ3) is 3.39. The van der Waals surface area contributed by atoms with Crippen molar-refractivity contribution in [2.24, 2.45) is 0 Å². The predicted octanol–water partition coefficient (Wildman–Crippen LogP) is 1.78. The van der Waals surface area contributed by atoms with Gasteiger partial charge in [-0.25, -0.2) is 4.98 Å². The molecule has 0 atom stereocenters. The Morgan fingerprint density at radius 3 is 3.22 bits per heavy atom. The van der Waals surface area contributed by atoms with Crippen molar-refractivity contribution < 1.29 is 14.3 Å². The van der Waals surface area contributed by atoms with E-state index in [1.54, 1.807) is 19.1 Å². The van der Waals surface area contributed by atoms with Crippen LogP contribution in [-0.4, -0.2) is 35.0 Å². The Kier molecular flexibility index (Phi) is 4.48. The Labute approximate surface area is 113 Å². The summed E-state index contributed by atoms with van der Waals surface area (Å²) < 4.78 is 4.84. The minimum atomic E-state index is -0.247. The number of esters is 1. The third-order valence-electron chi connectivity index (χ3n) is 2.09. The summed E-state index contributed by atoms with van der Waals surface area (Å²) in [5, 5.41) is 4.30. The summed E-state index contributed by atoms with van der Waals surface area (Å²) in [5.74, 6) is 0.368. The molecule has 2 heterocycles. The first-order valence-electron chi connectivity index (χ1n) is 5.41. The van der Waals surface area contributed by atoms with Gasteiger partial charge in [0.25, 0.3) is 0 Å². The number of carbonyl (C=O) groups excluding carboxylic acids is 2. The summed E-state index contributed by atoms with van der Waals surface area (Å²) in [6, 6.07) is 3.59. The van der Waals surface area contributed by atoms with E-state index in [9.17, 15) is 9.59 Å². The van der Waals surface area contributed by atoms with Gasteiger partial charge in [0.15, 0.2) is 0 Å². The van der Waals surface area contributed by atoms with Crippen molar-refractivity contribution in [1.82, 2.24) is 4.98 Å². The number of ether oxygens (including phenoxy) is 1. The maximum absolute atomic E-state index is 11.2. The van der Waals surface area contributed by atoms with Crippen LogP contribution in [0, 0.1) is 0 Å². The highest BCUT2D eigenvalue weighted by Gasteiger charge is 2.17. The van der Waals surface area contributed by atoms with Crippen molar-refractivity contribution in [2.75, 3.05) is 23.4 Å². The van der Waals surface area contributed by atoms with Crippen LogP contribution in [0.25, 0.3) is 0 Å². The molecule has 1 aliphatic rings. The summed E-state index contributed by atoms with van der Waals surface area (Å²) >= 11 is 2.73. The van der Waals surface area contributed by atoms with Gasteiger partial charge < -0.3 is 10.1 Å². The highest BCUT2D eigenvalue weighted by molar-refractivity contribution is 8.00. The number of rotatable bonds is 4. The first kappa shape index (κ1) is 13.2. The minimum absolute atomic E-state index is 0.0128. The van der Waals surface area contributed by atoms with Crippen LogP contribution >= 0.6 is 23.5 Å². The van der Waals surface area contributed by atoms with Gasteiger partial charge in [0.2, 0.25) is 5.91 Å². The largest absolute Gasteiger partial charge is 0.465 e. The van der Waals surface area contributed by atoms with E-state index in [0.29, 0.717) is 12.4 Å². The van der Waals surface area contributed by atoms with Crippen molar-refractivity contribution in [1.29, 1.82) is 0 Å². The standard InChI is InChI=1S/C11H12N2O3S2/c1-2-16-10(15)6-17-9-4-3-7-11(13-9)18-5-8(14)12-7/h3-4H,2,5-6H2,1H3,(H,12,14). The number of amides is 1. The predicted molar refractivity (Wildman–Crippen MR) is 70.9 cm³/mol. The Balaban J connectivity index is 1.99. The van der Waals surface area contributed by atoms with E-state index in [2.05, 4.69) is 10.3 Å². The smallest absolute Gasteiger partial charge is 0.316 e. The molecule has 5 nitrogen and oxygen atoms in total. The second-order valence-electron chi connectivity index (χ2n) is 3.43. The molecule has 0 saturated heterocycles. The Bertz CT molecular complexity index is 479. The lowest BCUT2D eigenvalue weighted by molar-refractivity contribution is -0.139. The molecule has 1 aliphatic heterocycles. The molecular weight excluding hydrogens is 272 g/mol. The number of hydrogen-bond donors (Lipinski definition) is 1. The highest BCUT2D eigenvalue weighted by atomic mass is 32.2. The van der Waals surface area contributed by atoms with E-state index in [4.69, 9.17) is 4.74 Å². The molecule has 1 amide bonds. The van der Waals surface area contributed by atoms with E-state index >= 15 is 0 Å². The SMILES string of the molecule is CCOC(=O)CSc1ccc2c(n1)SCC(=O)N2. The lowest BCUT2D eigenvalue weighted by Gasteiger charge is -2.15. The zero-order valence-electron chi connectivity index (χ0n) is 9.76. The molecule has 0 saturated carbocycles. The normalized spacial score (nSPS) is 13.7. The molecule has 0 aliphatic carbocycles. The molecule has 0 unspecified atom stereocenters.